The summed E-state index contributed by atoms with van der Waals surface area (Å²) in [5.41, 5.74) is 0.177. The summed E-state index contributed by atoms with van der Waals surface area (Å²) in [4.78, 5) is 12.9. The van der Waals surface area contributed by atoms with Gasteiger partial charge in [-0.15, -0.1) is 0 Å². The number of carboxylic acid groups (broad SMARTS) is 1. The summed E-state index contributed by atoms with van der Waals surface area (Å²) in [5, 5.41) is 8.81. The molecule has 1 aromatic rings. The van der Waals surface area contributed by atoms with Crippen molar-refractivity contribution in [3.05, 3.63) is 23.7 Å². The first kappa shape index (κ1) is 13.1. The second-order valence-corrected chi connectivity index (χ2v) is 4.35. The Balaban J connectivity index is 1.95. The second kappa shape index (κ2) is 5.51. The fourth-order valence-corrected chi connectivity index (χ4v) is 2.20. The van der Waals surface area contributed by atoms with Gasteiger partial charge in [-0.2, -0.15) is 0 Å². The number of carbonyl (C=O) groups is 1. The van der Waals surface area contributed by atoms with Gasteiger partial charge in [0.25, 0.3) is 0 Å². The minimum absolute atomic E-state index is 0.0453. The van der Waals surface area contributed by atoms with Gasteiger partial charge in [0, 0.05) is 27.3 Å². The van der Waals surface area contributed by atoms with E-state index in [0.717, 1.165) is 13.1 Å². The van der Waals surface area contributed by atoms with Crippen molar-refractivity contribution in [3.63, 3.8) is 0 Å². The van der Waals surface area contributed by atoms with Gasteiger partial charge in [0.2, 0.25) is 0 Å². The van der Waals surface area contributed by atoms with Crippen LogP contribution in [0.25, 0.3) is 0 Å². The molecule has 6 heteroatoms. The fourth-order valence-electron chi connectivity index (χ4n) is 2.20. The average molecular weight is 255 g/mol. The maximum atomic E-state index is 10.7. The van der Waals surface area contributed by atoms with Gasteiger partial charge in [0.1, 0.15) is 12.0 Å². The number of furan rings is 1. The summed E-state index contributed by atoms with van der Waals surface area (Å²) >= 11 is 0. The normalized spacial score (nSPS) is 24.6. The lowest BCUT2D eigenvalue weighted by atomic mass is 10.3. The number of carboxylic acids is 1. The molecule has 1 N–H and O–H groups in total. The molecule has 0 aromatic carbocycles. The summed E-state index contributed by atoms with van der Waals surface area (Å²) in [6.07, 6.45) is 1.35. The minimum Gasteiger partial charge on any atom is -0.478 e. The van der Waals surface area contributed by atoms with E-state index in [-0.39, 0.29) is 17.8 Å². The average Bonchev–Trinajstić information content (AvgIpc) is 2.95. The Bertz CT molecular complexity index is 404. The maximum Gasteiger partial charge on any atom is 0.338 e. The molecule has 1 aromatic heterocycles. The Morgan fingerprint density at radius 3 is 2.50 bits per heavy atom. The van der Waals surface area contributed by atoms with Gasteiger partial charge in [0.05, 0.1) is 24.3 Å². The van der Waals surface area contributed by atoms with E-state index in [0.29, 0.717) is 12.3 Å². The molecular weight excluding hydrogens is 238 g/mol. The standard InChI is InChI=1S/C12H17NO5/c1-16-10-5-13(6-11(10)17-2)4-9-3-8(7-18-9)12(14)15/h3,7,10-11H,4-6H2,1-2H3,(H,14,15). The first-order chi connectivity index (χ1) is 8.63. The summed E-state index contributed by atoms with van der Waals surface area (Å²) in [6, 6.07) is 1.55. The quantitative estimate of drug-likeness (QED) is 0.840. The van der Waals surface area contributed by atoms with Gasteiger partial charge in [0.15, 0.2) is 0 Å². The first-order valence-electron chi connectivity index (χ1n) is 5.72. The predicted octanol–water partition coefficient (Wildman–Crippen LogP) is 0.823. The molecule has 1 aliphatic rings. The van der Waals surface area contributed by atoms with Crippen molar-refractivity contribution < 1.29 is 23.8 Å². The number of rotatable bonds is 5. The lowest BCUT2D eigenvalue weighted by Gasteiger charge is -2.13. The van der Waals surface area contributed by atoms with Crippen LogP contribution in [0.3, 0.4) is 0 Å². The highest BCUT2D eigenvalue weighted by Crippen LogP contribution is 2.19. The lowest BCUT2D eigenvalue weighted by molar-refractivity contribution is -0.00461. The Morgan fingerprint density at radius 1 is 1.44 bits per heavy atom. The zero-order valence-electron chi connectivity index (χ0n) is 10.5. The van der Waals surface area contributed by atoms with Crippen LogP contribution in [0.5, 0.6) is 0 Å². The van der Waals surface area contributed by atoms with Crippen molar-refractivity contribution in [2.45, 2.75) is 18.8 Å². The molecule has 0 amide bonds. The number of nitrogens with zero attached hydrogens (tertiary/aromatic N) is 1. The molecule has 1 fully saturated rings. The Hall–Kier alpha value is -1.37. The van der Waals surface area contributed by atoms with Crippen molar-refractivity contribution in [2.75, 3.05) is 27.3 Å². The molecule has 18 heavy (non-hydrogen) atoms. The SMILES string of the molecule is COC1CN(Cc2cc(C(=O)O)co2)CC1OC. The highest BCUT2D eigenvalue weighted by molar-refractivity contribution is 5.87. The largest absolute Gasteiger partial charge is 0.478 e. The minimum atomic E-state index is -0.976. The van der Waals surface area contributed by atoms with Crippen LogP contribution in [-0.2, 0) is 16.0 Å². The molecule has 2 rings (SSSR count). The number of ether oxygens (including phenoxy) is 2. The number of likely N-dealkylation sites (tertiary alicyclic amines) is 1. The van der Waals surface area contributed by atoms with Gasteiger partial charge in [-0.1, -0.05) is 0 Å². The molecule has 0 bridgehead atoms. The van der Waals surface area contributed by atoms with Crippen molar-refractivity contribution in [1.29, 1.82) is 0 Å². The lowest BCUT2D eigenvalue weighted by Crippen LogP contribution is -2.27. The molecule has 0 saturated carbocycles. The predicted molar refractivity (Wildman–Crippen MR) is 62.5 cm³/mol. The molecule has 0 radical (unpaired) electrons. The summed E-state index contributed by atoms with van der Waals surface area (Å²) in [7, 11) is 3.32. The third-order valence-corrected chi connectivity index (χ3v) is 3.18. The van der Waals surface area contributed by atoms with Crippen LogP contribution in [0, 0.1) is 0 Å². The third-order valence-electron chi connectivity index (χ3n) is 3.18. The van der Waals surface area contributed by atoms with E-state index in [1.807, 2.05) is 0 Å². The van der Waals surface area contributed by atoms with E-state index in [2.05, 4.69) is 4.90 Å². The zero-order valence-corrected chi connectivity index (χ0v) is 10.5. The zero-order chi connectivity index (χ0) is 13.1. The van der Waals surface area contributed by atoms with Crippen molar-refractivity contribution in [1.82, 2.24) is 4.90 Å². The van der Waals surface area contributed by atoms with Crippen LogP contribution in [0.15, 0.2) is 16.7 Å². The Morgan fingerprint density at radius 2 is 2.06 bits per heavy atom. The number of hydrogen-bond acceptors (Lipinski definition) is 5. The molecular formula is C12H17NO5. The molecule has 0 spiro atoms. The number of aromatic carboxylic acids is 1. The maximum absolute atomic E-state index is 10.7. The van der Waals surface area contributed by atoms with Gasteiger partial charge >= 0.3 is 5.97 Å². The summed E-state index contributed by atoms with van der Waals surface area (Å²) in [5.74, 6) is -0.338. The van der Waals surface area contributed by atoms with Crippen LogP contribution in [0.4, 0.5) is 0 Å². The van der Waals surface area contributed by atoms with Crippen LogP contribution in [-0.4, -0.2) is 55.5 Å². The highest BCUT2D eigenvalue weighted by atomic mass is 16.5. The topological polar surface area (TPSA) is 72.1 Å². The Labute approximate surface area is 105 Å². The van der Waals surface area contributed by atoms with Crippen LogP contribution in [0.2, 0.25) is 0 Å². The molecule has 1 saturated heterocycles. The third kappa shape index (κ3) is 2.72. The van der Waals surface area contributed by atoms with Crippen LogP contribution in [0.1, 0.15) is 16.1 Å². The van der Waals surface area contributed by atoms with Crippen LogP contribution < -0.4 is 0 Å². The molecule has 0 aliphatic carbocycles. The van der Waals surface area contributed by atoms with E-state index in [1.54, 1.807) is 20.3 Å². The van der Waals surface area contributed by atoms with Gasteiger partial charge in [-0.05, 0) is 6.07 Å². The van der Waals surface area contributed by atoms with Gasteiger partial charge in [-0.25, -0.2) is 4.79 Å². The van der Waals surface area contributed by atoms with E-state index in [9.17, 15) is 4.79 Å². The summed E-state index contributed by atoms with van der Waals surface area (Å²) in [6.45, 7) is 2.06. The number of methoxy groups -OCH3 is 2. The van der Waals surface area contributed by atoms with Crippen molar-refractivity contribution in [3.8, 4) is 0 Å². The van der Waals surface area contributed by atoms with Gasteiger partial charge < -0.3 is 19.0 Å². The van der Waals surface area contributed by atoms with E-state index >= 15 is 0 Å². The second-order valence-electron chi connectivity index (χ2n) is 4.35. The smallest absolute Gasteiger partial charge is 0.338 e. The molecule has 2 unspecified atom stereocenters. The van der Waals surface area contributed by atoms with Crippen molar-refractivity contribution >= 4 is 5.97 Å². The summed E-state index contributed by atoms with van der Waals surface area (Å²) < 4.78 is 15.9. The van der Waals surface area contributed by atoms with Crippen molar-refractivity contribution in [2.24, 2.45) is 0 Å². The monoisotopic (exact) mass is 255 g/mol. The molecule has 2 heterocycles. The highest BCUT2D eigenvalue weighted by Gasteiger charge is 2.33. The molecule has 2 atom stereocenters. The van der Waals surface area contributed by atoms with E-state index < -0.39 is 5.97 Å². The number of hydrogen-bond donors (Lipinski definition) is 1. The molecule has 6 nitrogen and oxygen atoms in total. The first-order valence-corrected chi connectivity index (χ1v) is 5.72. The van der Waals surface area contributed by atoms with E-state index in [4.69, 9.17) is 19.0 Å². The van der Waals surface area contributed by atoms with Crippen LogP contribution >= 0.6 is 0 Å². The Kier molecular flexibility index (Phi) is 4.00. The van der Waals surface area contributed by atoms with Gasteiger partial charge in [-0.3, -0.25) is 4.90 Å². The van der Waals surface area contributed by atoms with E-state index in [1.165, 1.54) is 6.26 Å². The molecule has 100 valence electrons. The molecule has 1 aliphatic heterocycles. The fraction of sp³-hybridized carbons (Fsp3) is 0.583.